The molecular weight excluding hydrogens is 216 g/mol. The number of rotatable bonds is 7. The van der Waals surface area contributed by atoms with E-state index in [-0.39, 0.29) is 12.0 Å². The van der Waals surface area contributed by atoms with E-state index in [1.165, 1.54) is 0 Å². The zero-order valence-corrected chi connectivity index (χ0v) is 10.8. The molecule has 5 heteroatoms. The standard InChI is InChI=1S/C12H22N4O/c1-4-13-11-14-7-5-10(16-11)15-9-12(2,3)6-8-17/h5,7,17H,4,6,8-9H2,1-3H3,(H2,13,14,15,16). The Morgan fingerprint density at radius 3 is 2.76 bits per heavy atom. The minimum atomic E-state index is 0.0536. The molecule has 1 rings (SSSR count). The summed E-state index contributed by atoms with van der Waals surface area (Å²) >= 11 is 0. The van der Waals surface area contributed by atoms with E-state index in [4.69, 9.17) is 5.11 Å². The summed E-state index contributed by atoms with van der Waals surface area (Å²) in [5.74, 6) is 1.44. The highest BCUT2D eigenvalue weighted by Crippen LogP contribution is 2.20. The number of nitrogens with zero attached hydrogens (tertiary/aromatic N) is 2. The highest BCUT2D eigenvalue weighted by Gasteiger charge is 2.16. The first-order valence-electron chi connectivity index (χ1n) is 5.99. The van der Waals surface area contributed by atoms with Crippen LogP contribution in [-0.4, -0.2) is 34.8 Å². The second-order valence-corrected chi connectivity index (χ2v) is 4.79. The molecule has 0 radical (unpaired) electrons. The van der Waals surface area contributed by atoms with E-state index in [1.54, 1.807) is 6.20 Å². The SMILES string of the molecule is CCNc1nccc(NCC(C)(C)CCO)n1. The van der Waals surface area contributed by atoms with Crippen molar-refractivity contribution in [3.8, 4) is 0 Å². The number of aromatic nitrogens is 2. The summed E-state index contributed by atoms with van der Waals surface area (Å²) < 4.78 is 0. The first kappa shape index (κ1) is 13.7. The van der Waals surface area contributed by atoms with Crippen LogP contribution < -0.4 is 10.6 Å². The molecule has 3 N–H and O–H groups in total. The second-order valence-electron chi connectivity index (χ2n) is 4.79. The normalized spacial score (nSPS) is 11.3. The molecule has 0 saturated heterocycles. The average Bonchev–Trinajstić information content (AvgIpc) is 2.28. The van der Waals surface area contributed by atoms with Crippen LogP contribution in [0.4, 0.5) is 11.8 Å². The van der Waals surface area contributed by atoms with Crippen molar-refractivity contribution < 1.29 is 5.11 Å². The Kier molecular flexibility index (Phi) is 5.15. The number of aliphatic hydroxyl groups excluding tert-OH is 1. The predicted molar refractivity (Wildman–Crippen MR) is 70.2 cm³/mol. The van der Waals surface area contributed by atoms with Crippen LogP contribution in [0.15, 0.2) is 12.3 Å². The van der Waals surface area contributed by atoms with Gasteiger partial charge in [0.1, 0.15) is 5.82 Å². The number of anilines is 2. The zero-order chi connectivity index (χ0) is 12.7. The summed E-state index contributed by atoms with van der Waals surface area (Å²) in [5.41, 5.74) is 0.0536. The summed E-state index contributed by atoms with van der Waals surface area (Å²) in [6.45, 7) is 8.02. The van der Waals surface area contributed by atoms with Crippen molar-refractivity contribution >= 4 is 11.8 Å². The van der Waals surface area contributed by atoms with Crippen LogP contribution >= 0.6 is 0 Å². The third-order valence-corrected chi connectivity index (χ3v) is 2.53. The number of hydrogen-bond acceptors (Lipinski definition) is 5. The molecule has 17 heavy (non-hydrogen) atoms. The molecule has 1 aromatic heterocycles. The van der Waals surface area contributed by atoms with E-state index >= 15 is 0 Å². The molecule has 0 fully saturated rings. The largest absolute Gasteiger partial charge is 0.396 e. The van der Waals surface area contributed by atoms with Gasteiger partial charge in [-0.25, -0.2) is 4.98 Å². The van der Waals surface area contributed by atoms with Gasteiger partial charge < -0.3 is 15.7 Å². The number of nitrogens with one attached hydrogen (secondary N) is 2. The van der Waals surface area contributed by atoms with Gasteiger partial charge in [-0.3, -0.25) is 0 Å². The number of hydrogen-bond donors (Lipinski definition) is 3. The van der Waals surface area contributed by atoms with E-state index < -0.39 is 0 Å². The molecule has 5 nitrogen and oxygen atoms in total. The Morgan fingerprint density at radius 1 is 1.35 bits per heavy atom. The first-order valence-corrected chi connectivity index (χ1v) is 5.99. The molecule has 0 aliphatic rings. The van der Waals surface area contributed by atoms with Gasteiger partial charge in [-0.15, -0.1) is 0 Å². The van der Waals surface area contributed by atoms with E-state index in [2.05, 4.69) is 34.4 Å². The van der Waals surface area contributed by atoms with Gasteiger partial charge in [0.25, 0.3) is 0 Å². The van der Waals surface area contributed by atoms with Gasteiger partial charge in [0.2, 0.25) is 5.95 Å². The zero-order valence-electron chi connectivity index (χ0n) is 10.8. The molecule has 0 bridgehead atoms. The van der Waals surface area contributed by atoms with Crippen molar-refractivity contribution in [3.63, 3.8) is 0 Å². The lowest BCUT2D eigenvalue weighted by Crippen LogP contribution is -2.24. The van der Waals surface area contributed by atoms with Gasteiger partial charge >= 0.3 is 0 Å². The molecule has 0 saturated carbocycles. The van der Waals surface area contributed by atoms with Gasteiger partial charge in [0.15, 0.2) is 0 Å². The van der Waals surface area contributed by atoms with Crippen LogP contribution in [0.2, 0.25) is 0 Å². The van der Waals surface area contributed by atoms with Gasteiger partial charge in [-0.1, -0.05) is 13.8 Å². The Morgan fingerprint density at radius 2 is 2.12 bits per heavy atom. The molecule has 0 aliphatic carbocycles. The third-order valence-electron chi connectivity index (χ3n) is 2.53. The van der Waals surface area contributed by atoms with E-state index in [9.17, 15) is 0 Å². The van der Waals surface area contributed by atoms with Crippen LogP contribution in [0.1, 0.15) is 27.2 Å². The maximum atomic E-state index is 8.95. The molecule has 0 spiro atoms. The van der Waals surface area contributed by atoms with Crippen molar-refractivity contribution in [2.45, 2.75) is 27.2 Å². The highest BCUT2D eigenvalue weighted by molar-refractivity contribution is 5.39. The minimum Gasteiger partial charge on any atom is -0.396 e. The van der Waals surface area contributed by atoms with Crippen molar-refractivity contribution in [3.05, 3.63) is 12.3 Å². The Balaban J connectivity index is 2.53. The average molecular weight is 238 g/mol. The fraction of sp³-hybridized carbons (Fsp3) is 0.667. The molecule has 1 heterocycles. The summed E-state index contributed by atoms with van der Waals surface area (Å²) in [5, 5.41) is 15.3. The Bertz CT molecular complexity index is 341. The minimum absolute atomic E-state index is 0.0536. The summed E-state index contributed by atoms with van der Waals surface area (Å²) in [6.07, 6.45) is 2.50. The fourth-order valence-corrected chi connectivity index (χ4v) is 1.42. The van der Waals surface area contributed by atoms with Crippen molar-refractivity contribution in [1.29, 1.82) is 0 Å². The third kappa shape index (κ3) is 4.99. The van der Waals surface area contributed by atoms with Crippen LogP contribution in [0, 0.1) is 5.41 Å². The van der Waals surface area contributed by atoms with Crippen LogP contribution in [0.3, 0.4) is 0 Å². The van der Waals surface area contributed by atoms with Crippen LogP contribution in [0.25, 0.3) is 0 Å². The van der Waals surface area contributed by atoms with E-state index in [0.717, 1.165) is 25.3 Å². The topological polar surface area (TPSA) is 70.1 Å². The highest BCUT2D eigenvalue weighted by atomic mass is 16.3. The summed E-state index contributed by atoms with van der Waals surface area (Å²) in [7, 11) is 0. The smallest absolute Gasteiger partial charge is 0.224 e. The molecular formula is C12H22N4O. The van der Waals surface area contributed by atoms with Crippen LogP contribution in [0.5, 0.6) is 0 Å². The quantitative estimate of drug-likeness (QED) is 0.675. The number of aliphatic hydroxyl groups is 1. The molecule has 96 valence electrons. The monoisotopic (exact) mass is 238 g/mol. The van der Waals surface area contributed by atoms with Crippen LogP contribution in [-0.2, 0) is 0 Å². The summed E-state index contributed by atoms with van der Waals surface area (Å²) in [6, 6.07) is 1.84. The van der Waals surface area contributed by atoms with Gasteiger partial charge in [-0.05, 0) is 24.8 Å². The summed E-state index contributed by atoms with van der Waals surface area (Å²) in [4.78, 5) is 8.44. The van der Waals surface area contributed by atoms with E-state index in [1.807, 2.05) is 13.0 Å². The molecule has 0 unspecified atom stereocenters. The van der Waals surface area contributed by atoms with Crippen molar-refractivity contribution in [2.75, 3.05) is 30.3 Å². The predicted octanol–water partition coefficient (Wildman–Crippen LogP) is 1.73. The van der Waals surface area contributed by atoms with E-state index in [0.29, 0.717) is 5.95 Å². The Hall–Kier alpha value is -1.36. The molecule has 0 amide bonds. The lowest BCUT2D eigenvalue weighted by atomic mass is 9.90. The second kappa shape index (κ2) is 6.39. The van der Waals surface area contributed by atoms with Gasteiger partial charge in [-0.2, -0.15) is 4.98 Å². The van der Waals surface area contributed by atoms with Gasteiger partial charge in [0, 0.05) is 25.9 Å². The lowest BCUT2D eigenvalue weighted by Gasteiger charge is -2.24. The maximum absolute atomic E-state index is 8.95. The molecule has 0 aromatic carbocycles. The van der Waals surface area contributed by atoms with Crippen molar-refractivity contribution in [1.82, 2.24) is 9.97 Å². The lowest BCUT2D eigenvalue weighted by molar-refractivity contribution is 0.220. The molecule has 0 atom stereocenters. The molecule has 0 aliphatic heterocycles. The Labute approximate surface area is 103 Å². The fourth-order valence-electron chi connectivity index (χ4n) is 1.42. The first-order chi connectivity index (χ1) is 8.07. The maximum Gasteiger partial charge on any atom is 0.224 e. The molecule has 1 aromatic rings. The van der Waals surface area contributed by atoms with Crippen molar-refractivity contribution in [2.24, 2.45) is 5.41 Å². The van der Waals surface area contributed by atoms with Gasteiger partial charge in [0.05, 0.1) is 0 Å².